The first-order valence-electron chi connectivity index (χ1n) is 7.37. The van der Waals surface area contributed by atoms with Crippen LogP contribution in [0.5, 0.6) is 0 Å². The van der Waals surface area contributed by atoms with Gasteiger partial charge in [0.25, 0.3) is 5.91 Å². The van der Waals surface area contributed by atoms with Crippen LogP contribution in [0.25, 0.3) is 10.9 Å². The monoisotopic (exact) mass is 359 g/mol. The zero-order chi connectivity index (χ0) is 18.0. The van der Waals surface area contributed by atoms with Gasteiger partial charge in [-0.15, -0.1) is 0 Å². The number of H-pyrrole nitrogens is 1. The highest BCUT2D eigenvalue weighted by Crippen LogP contribution is 2.20. The van der Waals surface area contributed by atoms with Crippen molar-refractivity contribution in [2.45, 2.75) is 0 Å². The molecule has 3 aromatic rings. The van der Waals surface area contributed by atoms with Crippen LogP contribution in [0, 0.1) is 5.21 Å². The van der Waals surface area contributed by atoms with Crippen molar-refractivity contribution < 1.29 is 20.0 Å². The molecule has 0 fully saturated rings. The summed E-state index contributed by atoms with van der Waals surface area (Å²) in [5.41, 5.74) is 1.52. The van der Waals surface area contributed by atoms with Gasteiger partial charge in [-0.1, -0.05) is 11.6 Å². The van der Waals surface area contributed by atoms with Gasteiger partial charge in [0.05, 0.1) is 6.54 Å². The normalized spacial score (nSPS) is 12.1. The van der Waals surface area contributed by atoms with Crippen molar-refractivity contribution in [1.82, 2.24) is 10.3 Å². The Morgan fingerprint density at radius 2 is 1.88 bits per heavy atom. The maximum absolute atomic E-state index is 12.2. The van der Waals surface area contributed by atoms with Gasteiger partial charge in [0.1, 0.15) is 5.69 Å². The van der Waals surface area contributed by atoms with Crippen molar-refractivity contribution in [3.8, 4) is 0 Å². The summed E-state index contributed by atoms with van der Waals surface area (Å²) in [6.07, 6.45) is 0. The van der Waals surface area contributed by atoms with E-state index in [1.54, 1.807) is 24.3 Å². The number of nitrogens with one attached hydrogen (secondary N) is 3. The lowest BCUT2D eigenvalue weighted by atomic mass is 10.1. The SMILES string of the molecule is O=C(CNC(=O)c1cc2cc(Cl)ccc2[nH]1)c1ccc([NH+]([O-])O)cc1. The summed E-state index contributed by atoms with van der Waals surface area (Å²) >= 11 is 5.91. The zero-order valence-electron chi connectivity index (χ0n) is 12.9. The first-order valence-corrected chi connectivity index (χ1v) is 7.75. The van der Waals surface area contributed by atoms with Crippen molar-refractivity contribution >= 4 is 39.9 Å². The van der Waals surface area contributed by atoms with E-state index >= 15 is 0 Å². The topological polar surface area (TPSA) is 110 Å². The van der Waals surface area contributed by atoms with Gasteiger partial charge >= 0.3 is 0 Å². The molecule has 2 aromatic carbocycles. The second-order valence-corrected chi connectivity index (χ2v) is 5.84. The van der Waals surface area contributed by atoms with E-state index in [-0.39, 0.29) is 18.0 Å². The van der Waals surface area contributed by atoms with E-state index < -0.39 is 11.1 Å². The van der Waals surface area contributed by atoms with E-state index in [1.807, 2.05) is 0 Å². The second kappa shape index (κ2) is 7.04. The van der Waals surface area contributed by atoms with E-state index in [9.17, 15) is 14.8 Å². The van der Waals surface area contributed by atoms with Crippen LogP contribution in [0.1, 0.15) is 20.8 Å². The van der Waals surface area contributed by atoms with Gasteiger partial charge in [0, 0.05) is 33.6 Å². The summed E-state index contributed by atoms with van der Waals surface area (Å²) in [5, 5.41) is 22.5. The number of benzene rings is 2. The average molecular weight is 360 g/mol. The predicted octanol–water partition coefficient (Wildman–Crippen LogP) is 1.84. The number of aromatic nitrogens is 1. The van der Waals surface area contributed by atoms with Gasteiger partial charge in [0.2, 0.25) is 0 Å². The maximum atomic E-state index is 12.2. The summed E-state index contributed by atoms with van der Waals surface area (Å²) in [6.45, 7) is -0.193. The Labute approximate surface area is 147 Å². The Kier molecular flexibility index (Phi) is 4.82. The fourth-order valence-electron chi connectivity index (χ4n) is 2.38. The number of amides is 1. The highest BCUT2D eigenvalue weighted by atomic mass is 35.5. The van der Waals surface area contributed by atoms with Crippen LogP contribution < -0.4 is 10.5 Å². The zero-order valence-corrected chi connectivity index (χ0v) is 13.6. The number of Topliss-reactive ketones (excluding diaryl/α,β-unsaturated/α-hetero) is 1. The molecule has 0 spiro atoms. The molecule has 4 N–H and O–H groups in total. The number of ketones is 1. The molecule has 1 unspecified atom stereocenters. The lowest BCUT2D eigenvalue weighted by Gasteiger charge is -2.11. The number of quaternary nitrogens is 1. The third kappa shape index (κ3) is 3.86. The van der Waals surface area contributed by atoms with Crippen LogP contribution in [-0.4, -0.2) is 28.4 Å². The van der Waals surface area contributed by atoms with Crippen LogP contribution >= 0.6 is 11.6 Å². The predicted molar refractivity (Wildman–Crippen MR) is 92.2 cm³/mol. The Balaban J connectivity index is 1.65. The first-order chi connectivity index (χ1) is 11.9. The Morgan fingerprint density at radius 3 is 2.56 bits per heavy atom. The van der Waals surface area contributed by atoms with Crippen molar-refractivity contribution in [2.24, 2.45) is 0 Å². The van der Waals surface area contributed by atoms with E-state index in [1.165, 1.54) is 24.3 Å². The molecule has 3 rings (SSSR count). The maximum Gasteiger partial charge on any atom is 0.268 e. The average Bonchev–Trinajstić information content (AvgIpc) is 3.02. The molecule has 25 heavy (non-hydrogen) atoms. The number of aromatic amines is 1. The molecule has 0 saturated carbocycles. The molecule has 7 nitrogen and oxygen atoms in total. The summed E-state index contributed by atoms with van der Waals surface area (Å²) in [4.78, 5) is 27.2. The minimum atomic E-state index is -1.06. The molecular formula is C17H14ClN3O4. The van der Waals surface area contributed by atoms with Crippen molar-refractivity contribution in [2.75, 3.05) is 6.54 Å². The van der Waals surface area contributed by atoms with Gasteiger partial charge in [-0.05, 0) is 36.4 Å². The second-order valence-electron chi connectivity index (χ2n) is 5.40. The van der Waals surface area contributed by atoms with Gasteiger partial charge < -0.3 is 15.5 Å². The standard InChI is InChI=1S/C17H14ClN3O4/c18-12-3-6-14-11(7-12)8-15(20-14)17(23)19-9-16(22)10-1-4-13(5-2-10)21(24)25/h1-8,20-21,24H,9H2,(H,19,23). The smallest absolute Gasteiger partial charge is 0.268 e. The summed E-state index contributed by atoms with van der Waals surface area (Å²) in [5.74, 6) is -0.729. The highest BCUT2D eigenvalue weighted by Gasteiger charge is 2.13. The molecule has 0 aliphatic carbocycles. The van der Waals surface area contributed by atoms with E-state index in [4.69, 9.17) is 16.8 Å². The Bertz CT molecular complexity index is 935. The first kappa shape index (κ1) is 17.1. The molecule has 0 aliphatic rings. The molecule has 1 amide bonds. The number of carbonyl (C=O) groups excluding carboxylic acids is 2. The van der Waals surface area contributed by atoms with Crippen molar-refractivity contribution in [3.63, 3.8) is 0 Å². The van der Waals surface area contributed by atoms with Crippen molar-refractivity contribution in [1.29, 1.82) is 0 Å². The molecule has 0 saturated heterocycles. The molecular weight excluding hydrogens is 346 g/mol. The Hall–Kier alpha value is -2.71. The Morgan fingerprint density at radius 1 is 1.16 bits per heavy atom. The van der Waals surface area contributed by atoms with Gasteiger partial charge in [-0.2, -0.15) is 5.23 Å². The number of halogens is 1. The molecule has 8 heteroatoms. The van der Waals surface area contributed by atoms with Crippen LogP contribution in [0.15, 0.2) is 48.5 Å². The summed E-state index contributed by atoms with van der Waals surface area (Å²) in [7, 11) is 0. The molecule has 0 bridgehead atoms. The number of hydrogen-bond acceptors (Lipinski definition) is 4. The molecule has 0 aliphatic heterocycles. The molecule has 0 radical (unpaired) electrons. The van der Waals surface area contributed by atoms with E-state index in [0.717, 1.165) is 10.9 Å². The fraction of sp³-hybridized carbons (Fsp3) is 0.0588. The summed E-state index contributed by atoms with van der Waals surface area (Å²) in [6, 6.07) is 12.4. The van der Waals surface area contributed by atoms with Crippen LogP contribution in [0.3, 0.4) is 0 Å². The van der Waals surface area contributed by atoms with E-state index in [0.29, 0.717) is 16.3 Å². The number of carbonyl (C=O) groups is 2. The third-order valence-corrected chi connectivity index (χ3v) is 3.93. The molecule has 128 valence electrons. The van der Waals surface area contributed by atoms with Gasteiger partial charge in [-0.25, -0.2) is 5.21 Å². The largest absolute Gasteiger partial charge is 0.595 e. The lowest BCUT2D eigenvalue weighted by molar-refractivity contribution is -0.991. The number of rotatable bonds is 5. The summed E-state index contributed by atoms with van der Waals surface area (Å²) < 4.78 is 0. The van der Waals surface area contributed by atoms with Gasteiger partial charge in [0.15, 0.2) is 11.5 Å². The number of fused-ring (bicyclic) bond motifs is 1. The van der Waals surface area contributed by atoms with E-state index in [2.05, 4.69) is 10.3 Å². The van der Waals surface area contributed by atoms with Gasteiger partial charge in [-0.3, -0.25) is 9.59 Å². The van der Waals surface area contributed by atoms with Crippen molar-refractivity contribution in [3.05, 3.63) is 70.0 Å². The van der Waals surface area contributed by atoms with Crippen LogP contribution in [-0.2, 0) is 0 Å². The molecule has 1 heterocycles. The minimum absolute atomic E-state index is 0.0947. The third-order valence-electron chi connectivity index (χ3n) is 3.69. The fourth-order valence-corrected chi connectivity index (χ4v) is 2.56. The number of hydrogen-bond donors (Lipinski definition) is 4. The highest BCUT2D eigenvalue weighted by molar-refractivity contribution is 6.31. The minimum Gasteiger partial charge on any atom is -0.595 e. The van der Waals surface area contributed by atoms with Crippen LogP contribution in [0.2, 0.25) is 5.02 Å². The molecule has 1 aromatic heterocycles. The molecule has 1 atom stereocenters. The lowest BCUT2D eigenvalue weighted by Crippen LogP contribution is -2.99. The van der Waals surface area contributed by atoms with Crippen LogP contribution in [0.4, 0.5) is 5.69 Å². The quantitative estimate of drug-likeness (QED) is 0.411.